The summed E-state index contributed by atoms with van der Waals surface area (Å²) in [4.78, 5) is 10.7. The van der Waals surface area contributed by atoms with Gasteiger partial charge in [-0.1, -0.05) is 152 Å². The fourth-order valence-corrected chi connectivity index (χ4v) is 9.60. The van der Waals surface area contributed by atoms with Crippen molar-refractivity contribution in [2.75, 3.05) is 0 Å². The van der Waals surface area contributed by atoms with Gasteiger partial charge in [0.05, 0.1) is 33.5 Å². The maximum atomic E-state index is 6.13. The first kappa shape index (κ1) is 35.2. The van der Waals surface area contributed by atoms with E-state index in [9.17, 15) is 0 Å². The Morgan fingerprint density at radius 2 is 0.730 bits per heavy atom. The van der Waals surface area contributed by atoms with Crippen LogP contribution in [0.2, 0.25) is 0 Å². The van der Waals surface area contributed by atoms with E-state index < -0.39 is 0 Å². The van der Waals surface area contributed by atoms with Crippen LogP contribution in [0, 0.1) is 0 Å². The molecule has 13 aromatic rings. The molecular weight excluding hydrogens is 769 g/mol. The normalized spacial score (nSPS) is 11.8. The molecule has 5 heteroatoms. The fourth-order valence-electron chi connectivity index (χ4n) is 9.60. The van der Waals surface area contributed by atoms with E-state index in [-0.39, 0.29) is 0 Å². The molecule has 0 radical (unpaired) electrons. The zero-order valence-electron chi connectivity index (χ0n) is 34.0. The summed E-state index contributed by atoms with van der Waals surface area (Å²) in [5.74, 6) is 0.662. The molecule has 0 aliphatic rings. The van der Waals surface area contributed by atoms with Gasteiger partial charge in [0.2, 0.25) is 0 Å². The SMILES string of the molecule is c1ccc(-c2cc(-c3cc(-n4c5ccccc5c5ccccc54)cc(-n4c5ccccc5c5ccccc54)c3)nc(-c3ccc(-c4ccc5oc6ccccc6c5c4)cc3)n2)cc1. The first-order valence-corrected chi connectivity index (χ1v) is 21.3. The highest BCUT2D eigenvalue weighted by Gasteiger charge is 2.19. The molecule has 9 aromatic carbocycles. The second-order valence-electron chi connectivity index (χ2n) is 16.2. The number of rotatable bonds is 6. The van der Waals surface area contributed by atoms with Crippen molar-refractivity contribution >= 4 is 65.6 Å². The predicted molar refractivity (Wildman–Crippen MR) is 260 cm³/mol. The van der Waals surface area contributed by atoms with E-state index in [1.807, 2.05) is 18.2 Å². The summed E-state index contributed by atoms with van der Waals surface area (Å²) >= 11 is 0. The standard InChI is InChI=1S/C58H36N4O/c1-2-14-38(15-3-1)50-36-51(60-58(59-50)39-28-26-37(27-29-39)40-30-31-57-49(34-40)48-20-8-13-25-56(48)63-57)41-32-42(61-52-21-9-4-16-44(52)45-17-5-10-22-53(45)61)35-43(33-41)62-54-23-11-6-18-46(54)47-19-7-12-24-55(47)62/h1-36H. The zero-order chi connectivity index (χ0) is 41.4. The molecule has 0 unspecified atom stereocenters. The molecule has 0 amide bonds. The largest absolute Gasteiger partial charge is 0.456 e. The Balaban J connectivity index is 1.02. The van der Waals surface area contributed by atoms with E-state index in [2.05, 4.69) is 209 Å². The number of benzene rings is 9. The van der Waals surface area contributed by atoms with Crippen molar-refractivity contribution in [3.8, 4) is 56.4 Å². The number of fused-ring (bicyclic) bond motifs is 9. The third kappa shape index (κ3) is 5.71. The highest BCUT2D eigenvalue weighted by Crippen LogP contribution is 2.39. The summed E-state index contributed by atoms with van der Waals surface area (Å²) in [5.41, 5.74) is 15.4. The van der Waals surface area contributed by atoms with E-state index in [1.165, 1.54) is 21.5 Å². The van der Waals surface area contributed by atoms with Crippen molar-refractivity contribution in [1.82, 2.24) is 19.1 Å². The molecule has 4 aromatic heterocycles. The predicted octanol–water partition coefficient (Wildman–Crippen LogP) is 15.2. The molecule has 0 aliphatic heterocycles. The van der Waals surface area contributed by atoms with Gasteiger partial charge in [-0.2, -0.15) is 0 Å². The number of aromatic nitrogens is 4. The topological polar surface area (TPSA) is 48.8 Å². The smallest absolute Gasteiger partial charge is 0.160 e. The van der Waals surface area contributed by atoms with Gasteiger partial charge >= 0.3 is 0 Å². The van der Waals surface area contributed by atoms with Crippen molar-refractivity contribution in [2.24, 2.45) is 0 Å². The van der Waals surface area contributed by atoms with Crippen LogP contribution >= 0.6 is 0 Å². The van der Waals surface area contributed by atoms with E-state index >= 15 is 0 Å². The van der Waals surface area contributed by atoms with E-state index in [4.69, 9.17) is 14.4 Å². The Morgan fingerprint density at radius 1 is 0.286 bits per heavy atom. The number of para-hydroxylation sites is 5. The van der Waals surface area contributed by atoms with Gasteiger partial charge in [-0.25, -0.2) is 9.97 Å². The molecule has 0 atom stereocenters. The van der Waals surface area contributed by atoms with Gasteiger partial charge < -0.3 is 13.6 Å². The Hall–Kier alpha value is -8.54. The summed E-state index contributed by atoms with van der Waals surface area (Å²) in [5, 5.41) is 7.10. The van der Waals surface area contributed by atoms with Crippen LogP contribution in [0.15, 0.2) is 223 Å². The molecule has 0 N–H and O–H groups in total. The third-order valence-corrected chi connectivity index (χ3v) is 12.5. The van der Waals surface area contributed by atoms with E-state index in [1.54, 1.807) is 0 Å². The van der Waals surface area contributed by atoms with E-state index in [0.29, 0.717) is 5.82 Å². The van der Waals surface area contributed by atoms with Gasteiger partial charge in [-0.05, 0) is 77.9 Å². The fraction of sp³-hybridized carbons (Fsp3) is 0. The van der Waals surface area contributed by atoms with Crippen LogP contribution in [0.5, 0.6) is 0 Å². The summed E-state index contributed by atoms with van der Waals surface area (Å²) in [7, 11) is 0. The molecule has 13 rings (SSSR count). The minimum absolute atomic E-state index is 0.662. The average molecular weight is 805 g/mol. The molecule has 0 aliphatic carbocycles. The van der Waals surface area contributed by atoms with Crippen LogP contribution in [-0.4, -0.2) is 19.1 Å². The van der Waals surface area contributed by atoms with Crippen LogP contribution in [0.1, 0.15) is 0 Å². The van der Waals surface area contributed by atoms with Gasteiger partial charge in [0.15, 0.2) is 5.82 Å². The summed E-state index contributed by atoms with van der Waals surface area (Å²) in [6, 6.07) is 77.4. The minimum Gasteiger partial charge on any atom is -0.456 e. The van der Waals surface area contributed by atoms with Crippen LogP contribution in [-0.2, 0) is 0 Å². The molecule has 0 bridgehead atoms. The minimum atomic E-state index is 0.662. The van der Waals surface area contributed by atoms with Crippen LogP contribution < -0.4 is 0 Å². The molecule has 0 saturated heterocycles. The quantitative estimate of drug-likeness (QED) is 0.168. The van der Waals surface area contributed by atoms with Crippen molar-refractivity contribution in [2.45, 2.75) is 0 Å². The third-order valence-electron chi connectivity index (χ3n) is 12.5. The van der Waals surface area contributed by atoms with Gasteiger partial charge in [0.25, 0.3) is 0 Å². The number of furan rings is 1. The Morgan fingerprint density at radius 3 is 1.30 bits per heavy atom. The van der Waals surface area contributed by atoms with Gasteiger partial charge in [-0.15, -0.1) is 0 Å². The zero-order valence-corrected chi connectivity index (χ0v) is 34.0. The van der Waals surface area contributed by atoms with E-state index in [0.717, 1.165) is 94.6 Å². The number of hydrogen-bond donors (Lipinski definition) is 0. The molecular formula is C58H36N4O. The Bertz CT molecular complexity index is 3670. The molecule has 5 nitrogen and oxygen atoms in total. The first-order chi connectivity index (χ1) is 31.2. The Labute approximate surface area is 362 Å². The molecule has 294 valence electrons. The number of nitrogens with zero attached hydrogens (tertiary/aromatic N) is 4. The lowest BCUT2D eigenvalue weighted by Gasteiger charge is -2.16. The maximum absolute atomic E-state index is 6.13. The highest BCUT2D eigenvalue weighted by molar-refractivity contribution is 6.11. The van der Waals surface area contributed by atoms with Crippen molar-refractivity contribution < 1.29 is 4.42 Å². The monoisotopic (exact) mass is 804 g/mol. The van der Waals surface area contributed by atoms with Crippen LogP contribution in [0.4, 0.5) is 0 Å². The summed E-state index contributed by atoms with van der Waals surface area (Å²) < 4.78 is 10.9. The van der Waals surface area contributed by atoms with Gasteiger partial charge in [0, 0.05) is 60.4 Å². The Kier molecular flexibility index (Phi) is 7.84. The van der Waals surface area contributed by atoms with Crippen molar-refractivity contribution in [1.29, 1.82) is 0 Å². The number of hydrogen-bond acceptors (Lipinski definition) is 3. The van der Waals surface area contributed by atoms with Crippen LogP contribution in [0.3, 0.4) is 0 Å². The molecule has 0 fully saturated rings. The second kappa shape index (κ2) is 14.0. The molecule has 4 heterocycles. The molecule has 0 saturated carbocycles. The van der Waals surface area contributed by atoms with Gasteiger partial charge in [-0.3, -0.25) is 0 Å². The molecule has 0 spiro atoms. The van der Waals surface area contributed by atoms with Crippen molar-refractivity contribution in [3.63, 3.8) is 0 Å². The summed E-state index contributed by atoms with van der Waals surface area (Å²) in [6.07, 6.45) is 0. The lowest BCUT2D eigenvalue weighted by atomic mass is 10.0. The lowest BCUT2D eigenvalue weighted by Crippen LogP contribution is -2.01. The average Bonchev–Trinajstić information content (AvgIpc) is 4.02. The lowest BCUT2D eigenvalue weighted by molar-refractivity contribution is 0.669. The second-order valence-corrected chi connectivity index (χ2v) is 16.2. The van der Waals surface area contributed by atoms with Gasteiger partial charge in [0.1, 0.15) is 11.2 Å². The molecule has 63 heavy (non-hydrogen) atoms. The summed E-state index contributed by atoms with van der Waals surface area (Å²) in [6.45, 7) is 0. The van der Waals surface area contributed by atoms with Crippen LogP contribution in [0.25, 0.3) is 122 Å². The first-order valence-electron chi connectivity index (χ1n) is 21.3. The highest BCUT2D eigenvalue weighted by atomic mass is 16.3. The maximum Gasteiger partial charge on any atom is 0.160 e. The van der Waals surface area contributed by atoms with Crippen molar-refractivity contribution in [3.05, 3.63) is 218 Å².